The van der Waals surface area contributed by atoms with Crippen molar-refractivity contribution in [3.05, 3.63) is 24.0 Å². The minimum absolute atomic E-state index is 0.331. The minimum atomic E-state index is -0.385. The minimum Gasteiger partial charge on any atom is -0.462 e. The van der Waals surface area contributed by atoms with Crippen LogP contribution in [0.2, 0.25) is 0 Å². The SMILES string of the molecule is CCOC(=O)c1cnn2ccc(N3CC4(COC4)C3)nc12. The Morgan fingerprint density at radius 1 is 1.48 bits per heavy atom. The summed E-state index contributed by atoms with van der Waals surface area (Å²) in [6.45, 7) is 5.71. The molecule has 1 spiro atoms. The summed E-state index contributed by atoms with van der Waals surface area (Å²) in [6, 6.07) is 1.92. The fourth-order valence-electron chi connectivity index (χ4n) is 2.89. The third kappa shape index (κ3) is 1.88. The number of hydrogen-bond donors (Lipinski definition) is 0. The zero-order chi connectivity index (χ0) is 14.4. The van der Waals surface area contributed by atoms with Crippen LogP contribution in [0.25, 0.3) is 5.65 Å². The lowest BCUT2D eigenvalue weighted by Gasteiger charge is -2.55. The lowest BCUT2D eigenvalue weighted by molar-refractivity contribution is -0.127. The van der Waals surface area contributed by atoms with Gasteiger partial charge in [-0.1, -0.05) is 0 Å². The number of anilines is 1. The zero-order valence-corrected chi connectivity index (χ0v) is 11.8. The van der Waals surface area contributed by atoms with Gasteiger partial charge in [0.25, 0.3) is 0 Å². The highest BCUT2D eigenvalue weighted by atomic mass is 16.5. The maximum absolute atomic E-state index is 11.9. The molecule has 2 aromatic heterocycles. The van der Waals surface area contributed by atoms with Crippen molar-refractivity contribution in [2.45, 2.75) is 6.92 Å². The van der Waals surface area contributed by atoms with Crippen LogP contribution in [0.15, 0.2) is 18.5 Å². The summed E-state index contributed by atoms with van der Waals surface area (Å²) in [5, 5.41) is 4.14. The van der Waals surface area contributed by atoms with E-state index in [0.29, 0.717) is 23.2 Å². The molecular formula is C14H16N4O3. The molecule has 0 bridgehead atoms. The number of carbonyl (C=O) groups is 1. The standard InChI is InChI=1S/C14H16N4O3/c1-2-21-13(19)10-5-15-18-4-3-11(16-12(10)18)17-6-14(7-17)8-20-9-14/h3-5H,2,6-9H2,1H3. The van der Waals surface area contributed by atoms with Crippen LogP contribution in [0.3, 0.4) is 0 Å². The van der Waals surface area contributed by atoms with E-state index in [0.717, 1.165) is 32.1 Å². The van der Waals surface area contributed by atoms with Crippen molar-refractivity contribution < 1.29 is 14.3 Å². The predicted molar refractivity (Wildman–Crippen MR) is 74.4 cm³/mol. The summed E-state index contributed by atoms with van der Waals surface area (Å²) in [4.78, 5) is 18.7. The Morgan fingerprint density at radius 2 is 2.29 bits per heavy atom. The molecule has 2 aliphatic rings. The summed E-state index contributed by atoms with van der Waals surface area (Å²) in [5.74, 6) is 0.482. The smallest absolute Gasteiger partial charge is 0.343 e. The van der Waals surface area contributed by atoms with Crippen molar-refractivity contribution in [2.24, 2.45) is 5.41 Å². The number of ether oxygens (including phenoxy) is 2. The van der Waals surface area contributed by atoms with Gasteiger partial charge >= 0.3 is 5.97 Å². The molecule has 2 saturated heterocycles. The molecule has 0 saturated carbocycles. The highest BCUT2D eigenvalue weighted by Crippen LogP contribution is 2.39. The number of esters is 1. The molecule has 0 radical (unpaired) electrons. The van der Waals surface area contributed by atoms with E-state index in [1.165, 1.54) is 6.20 Å². The molecule has 2 aromatic rings. The van der Waals surface area contributed by atoms with Gasteiger partial charge in [-0.2, -0.15) is 5.10 Å². The predicted octanol–water partition coefficient (Wildman–Crippen LogP) is 0.743. The van der Waals surface area contributed by atoms with Crippen LogP contribution >= 0.6 is 0 Å². The lowest BCUT2D eigenvalue weighted by Crippen LogP contribution is -2.66. The first-order valence-corrected chi connectivity index (χ1v) is 7.05. The van der Waals surface area contributed by atoms with Gasteiger partial charge in [0.2, 0.25) is 0 Å². The molecule has 0 unspecified atom stereocenters. The van der Waals surface area contributed by atoms with Crippen molar-refractivity contribution >= 4 is 17.4 Å². The van der Waals surface area contributed by atoms with E-state index in [1.807, 2.05) is 12.3 Å². The van der Waals surface area contributed by atoms with Gasteiger partial charge in [-0.25, -0.2) is 14.3 Å². The van der Waals surface area contributed by atoms with E-state index in [1.54, 1.807) is 11.4 Å². The molecule has 7 heteroatoms. The highest BCUT2D eigenvalue weighted by molar-refractivity contribution is 5.95. The van der Waals surface area contributed by atoms with Crippen LogP contribution in [0.5, 0.6) is 0 Å². The Hall–Kier alpha value is -2.15. The first-order valence-electron chi connectivity index (χ1n) is 7.05. The van der Waals surface area contributed by atoms with Crippen LogP contribution < -0.4 is 4.90 Å². The van der Waals surface area contributed by atoms with Gasteiger partial charge in [0, 0.05) is 19.3 Å². The van der Waals surface area contributed by atoms with Crippen LogP contribution in [0, 0.1) is 5.41 Å². The molecule has 4 rings (SSSR count). The highest BCUT2D eigenvalue weighted by Gasteiger charge is 2.49. The molecule has 0 N–H and O–H groups in total. The first kappa shape index (κ1) is 12.6. The molecule has 0 atom stereocenters. The number of aromatic nitrogens is 3. The number of nitrogens with zero attached hydrogens (tertiary/aromatic N) is 4. The average molecular weight is 288 g/mol. The Bertz CT molecular complexity index is 699. The number of rotatable bonds is 3. The first-order chi connectivity index (χ1) is 10.2. The fourth-order valence-corrected chi connectivity index (χ4v) is 2.89. The maximum atomic E-state index is 11.9. The Balaban J connectivity index is 1.62. The summed E-state index contributed by atoms with van der Waals surface area (Å²) in [6.07, 6.45) is 3.32. The molecule has 110 valence electrons. The van der Waals surface area contributed by atoms with E-state index < -0.39 is 0 Å². The maximum Gasteiger partial charge on any atom is 0.343 e. The van der Waals surface area contributed by atoms with Crippen molar-refractivity contribution in [3.63, 3.8) is 0 Å². The van der Waals surface area contributed by atoms with E-state index in [4.69, 9.17) is 9.47 Å². The van der Waals surface area contributed by atoms with Crippen LogP contribution in [0.1, 0.15) is 17.3 Å². The van der Waals surface area contributed by atoms with Gasteiger partial charge < -0.3 is 14.4 Å². The quantitative estimate of drug-likeness (QED) is 0.776. The summed E-state index contributed by atoms with van der Waals surface area (Å²) < 4.78 is 11.9. The van der Waals surface area contributed by atoms with E-state index in [9.17, 15) is 4.79 Å². The summed E-state index contributed by atoms with van der Waals surface area (Å²) >= 11 is 0. The van der Waals surface area contributed by atoms with Crippen LogP contribution in [-0.2, 0) is 9.47 Å². The fraction of sp³-hybridized carbons (Fsp3) is 0.500. The third-order valence-corrected chi connectivity index (χ3v) is 4.04. The van der Waals surface area contributed by atoms with Crippen LogP contribution in [0.4, 0.5) is 5.82 Å². The molecule has 2 fully saturated rings. The normalized spacial score (nSPS) is 19.4. The second-order valence-electron chi connectivity index (χ2n) is 5.68. The molecular weight excluding hydrogens is 272 g/mol. The van der Waals surface area contributed by atoms with Gasteiger partial charge in [-0.15, -0.1) is 0 Å². The van der Waals surface area contributed by atoms with Crippen molar-refractivity contribution in [2.75, 3.05) is 37.8 Å². The number of hydrogen-bond acceptors (Lipinski definition) is 6. The van der Waals surface area contributed by atoms with Crippen molar-refractivity contribution in [3.8, 4) is 0 Å². The van der Waals surface area contributed by atoms with E-state index in [-0.39, 0.29) is 5.97 Å². The Morgan fingerprint density at radius 3 is 2.95 bits per heavy atom. The second kappa shape index (κ2) is 4.42. The van der Waals surface area contributed by atoms with Gasteiger partial charge in [-0.3, -0.25) is 0 Å². The topological polar surface area (TPSA) is 69.0 Å². The molecule has 0 amide bonds. The second-order valence-corrected chi connectivity index (χ2v) is 5.68. The van der Waals surface area contributed by atoms with Crippen molar-refractivity contribution in [1.82, 2.24) is 14.6 Å². The lowest BCUT2D eigenvalue weighted by atomic mass is 9.78. The van der Waals surface area contributed by atoms with E-state index >= 15 is 0 Å². The van der Waals surface area contributed by atoms with Crippen LogP contribution in [-0.4, -0.2) is 53.5 Å². The third-order valence-electron chi connectivity index (χ3n) is 4.04. The Kier molecular flexibility index (Phi) is 2.65. The Labute approximate surface area is 121 Å². The molecule has 4 heterocycles. The molecule has 0 aromatic carbocycles. The van der Waals surface area contributed by atoms with Crippen molar-refractivity contribution in [1.29, 1.82) is 0 Å². The molecule has 2 aliphatic heterocycles. The largest absolute Gasteiger partial charge is 0.462 e. The number of carbonyl (C=O) groups excluding carboxylic acids is 1. The van der Waals surface area contributed by atoms with Gasteiger partial charge in [-0.05, 0) is 13.0 Å². The average Bonchev–Trinajstić information content (AvgIpc) is 2.79. The summed E-state index contributed by atoms with van der Waals surface area (Å²) in [7, 11) is 0. The molecule has 0 aliphatic carbocycles. The summed E-state index contributed by atoms with van der Waals surface area (Å²) in [5.41, 5.74) is 1.27. The monoisotopic (exact) mass is 288 g/mol. The molecule has 21 heavy (non-hydrogen) atoms. The van der Waals surface area contributed by atoms with Gasteiger partial charge in [0.15, 0.2) is 5.65 Å². The van der Waals surface area contributed by atoms with E-state index in [2.05, 4.69) is 15.0 Å². The molecule has 7 nitrogen and oxygen atoms in total. The van der Waals surface area contributed by atoms with Gasteiger partial charge in [0.05, 0.1) is 31.4 Å². The zero-order valence-electron chi connectivity index (χ0n) is 11.8. The van der Waals surface area contributed by atoms with Gasteiger partial charge in [0.1, 0.15) is 11.4 Å². The number of fused-ring (bicyclic) bond motifs is 1.